The summed E-state index contributed by atoms with van der Waals surface area (Å²) in [6, 6.07) is 7.82. The number of carbonyl (C=O) groups excluding carboxylic acids is 2. The van der Waals surface area contributed by atoms with E-state index in [-0.39, 0.29) is 10.6 Å². The van der Waals surface area contributed by atoms with Crippen LogP contribution in [0.4, 0.5) is 0 Å². The predicted octanol–water partition coefficient (Wildman–Crippen LogP) is 1.10. The Morgan fingerprint density at radius 2 is 2.06 bits per heavy atom. The molecular weight excluding hydrogens is 230 g/mol. The molecule has 0 saturated heterocycles. The number of nitriles is 1. The summed E-state index contributed by atoms with van der Waals surface area (Å²) < 4.78 is 0. The van der Waals surface area contributed by atoms with Crippen molar-refractivity contribution >= 4 is 23.4 Å². The van der Waals surface area contributed by atoms with Gasteiger partial charge < -0.3 is 0 Å². The maximum atomic E-state index is 11.7. The summed E-state index contributed by atoms with van der Waals surface area (Å²) in [6.45, 7) is 0. The number of halogens is 1. The summed E-state index contributed by atoms with van der Waals surface area (Å²) in [5, 5.41) is 8.90. The largest absolute Gasteiger partial charge is 0.276 e. The van der Waals surface area contributed by atoms with Crippen molar-refractivity contribution in [1.29, 1.82) is 5.26 Å². The molecule has 0 radical (unpaired) electrons. The van der Waals surface area contributed by atoms with Crippen molar-refractivity contribution in [3.05, 3.63) is 34.9 Å². The van der Waals surface area contributed by atoms with E-state index >= 15 is 0 Å². The van der Waals surface area contributed by atoms with Gasteiger partial charge in [-0.25, -0.2) is 10.9 Å². The summed E-state index contributed by atoms with van der Waals surface area (Å²) in [7, 11) is 0. The molecule has 0 fully saturated rings. The van der Waals surface area contributed by atoms with Crippen LogP contribution in [0.3, 0.4) is 0 Å². The third-order valence-corrected chi connectivity index (χ3v) is 2.15. The topological polar surface area (TPSA) is 87.2 Å². The Morgan fingerprint density at radius 3 is 2.62 bits per heavy atom. The fraction of sp³-hybridized carbons (Fsp3) is 0.100. The predicted molar refractivity (Wildman–Crippen MR) is 57.0 cm³/mol. The van der Waals surface area contributed by atoms with Crippen LogP contribution in [0.5, 0.6) is 0 Å². The average molecular weight is 238 g/mol. The minimum absolute atomic E-state index is 0.123. The molecule has 0 aromatic heterocycles. The van der Waals surface area contributed by atoms with Crippen molar-refractivity contribution < 1.29 is 9.59 Å². The first-order valence-corrected chi connectivity index (χ1v) is 4.69. The zero-order valence-electron chi connectivity index (χ0n) is 8.18. The molecule has 0 spiro atoms. The van der Waals surface area contributed by atoms with Gasteiger partial charge in [-0.15, -0.1) is 0 Å². The highest BCUT2D eigenvalue weighted by Gasteiger charge is 2.20. The molecule has 0 saturated carbocycles. The number of benzene rings is 1. The zero-order valence-corrected chi connectivity index (χ0v) is 8.94. The van der Waals surface area contributed by atoms with E-state index in [1.54, 1.807) is 18.2 Å². The Labute approximate surface area is 97.0 Å². The number of hydrogen-bond donors (Lipinski definition) is 1. The van der Waals surface area contributed by atoms with E-state index in [0.29, 0.717) is 5.01 Å². The van der Waals surface area contributed by atoms with Gasteiger partial charge in [0.2, 0.25) is 0 Å². The molecule has 2 N–H and O–H groups in total. The molecule has 1 aromatic carbocycles. The molecule has 2 amide bonds. The third-order valence-electron chi connectivity index (χ3n) is 1.82. The van der Waals surface area contributed by atoms with Gasteiger partial charge in [0, 0.05) is 0 Å². The number of imide groups is 1. The van der Waals surface area contributed by atoms with E-state index in [9.17, 15) is 9.59 Å². The highest BCUT2D eigenvalue weighted by atomic mass is 35.5. The van der Waals surface area contributed by atoms with E-state index < -0.39 is 18.2 Å². The summed E-state index contributed by atoms with van der Waals surface area (Å²) in [4.78, 5) is 22.9. The second-order valence-corrected chi connectivity index (χ2v) is 3.29. The lowest BCUT2D eigenvalue weighted by Crippen LogP contribution is -2.42. The lowest BCUT2D eigenvalue weighted by molar-refractivity contribution is -0.127. The lowest BCUT2D eigenvalue weighted by atomic mass is 10.2. The van der Waals surface area contributed by atoms with Crippen molar-refractivity contribution in [2.24, 2.45) is 5.84 Å². The smallest absolute Gasteiger partial charge is 0.272 e. The van der Waals surface area contributed by atoms with Gasteiger partial charge in [-0.3, -0.25) is 9.59 Å². The minimum Gasteiger partial charge on any atom is -0.272 e. The van der Waals surface area contributed by atoms with Crippen LogP contribution in [0, 0.1) is 11.3 Å². The van der Waals surface area contributed by atoms with Gasteiger partial charge in [0.25, 0.3) is 11.8 Å². The molecule has 5 nitrogen and oxygen atoms in total. The Morgan fingerprint density at radius 1 is 1.44 bits per heavy atom. The van der Waals surface area contributed by atoms with Gasteiger partial charge in [-0.1, -0.05) is 23.7 Å². The molecule has 16 heavy (non-hydrogen) atoms. The second kappa shape index (κ2) is 5.26. The minimum atomic E-state index is -0.771. The highest BCUT2D eigenvalue weighted by molar-refractivity contribution is 6.34. The van der Waals surface area contributed by atoms with E-state index in [1.165, 1.54) is 12.1 Å². The Hall–Kier alpha value is -1.90. The van der Waals surface area contributed by atoms with Crippen LogP contribution in [0.2, 0.25) is 5.02 Å². The number of amides is 2. The van der Waals surface area contributed by atoms with E-state index in [2.05, 4.69) is 0 Å². The number of nitrogens with zero attached hydrogens (tertiary/aromatic N) is 2. The average Bonchev–Trinajstić information content (AvgIpc) is 2.28. The van der Waals surface area contributed by atoms with Crippen LogP contribution in [-0.2, 0) is 4.79 Å². The fourth-order valence-electron chi connectivity index (χ4n) is 1.03. The standard InChI is InChI=1S/C10H8ClN3O2/c11-8-4-2-1-3-7(8)10(16)14(13)9(15)5-6-12/h1-4H,5,13H2. The SMILES string of the molecule is N#CCC(=O)N(N)C(=O)c1ccccc1Cl. The van der Waals surface area contributed by atoms with E-state index in [4.69, 9.17) is 22.7 Å². The first kappa shape index (κ1) is 12.2. The Balaban J connectivity index is 2.92. The van der Waals surface area contributed by atoms with Gasteiger partial charge in [0.05, 0.1) is 16.7 Å². The van der Waals surface area contributed by atoms with Gasteiger partial charge in [0.1, 0.15) is 6.42 Å². The molecule has 0 aliphatic heterocycles. The van der Waals surface area contributed by atoms with E-state index in [1.807, 2.05) is 0 Å². The van der Waals surface area contributed by atoms with Crippen LogP contribution in [0.1, 0.15) is 16.8 Å². The monoisotopic (exact) mass is 237 g/mol. The fourth-order valence-corrected chi connectivity index (χ4v) is 1.25. The molecule has 0 atom stereocenters. The molecule has 82 valence electrons. The summed E-state index contributed by atoms with van der Waals surface area (Å²) in [5.41, 5.74) is 0.123. The maximum absolute atomic E-state index is 11.7. The van der Waals surface area contributed by atoms with Crippen LogP contribution < -0.4 is 5.84 Å². The third kappa shape index (κ3) is 2.57. The molecule has 0 unspecified atom stereocenters. The number of hydrazine groups is 1. The number of nitrogens with two attached hydrogens (primary N) is 1. The van der Waals surface area contributed by atoms with Gasteiger partial charge in [-0.2, -0.15) is 5.26 Å². The highest BCUT2D eigenvalue weighted by Crippen LogP contribution is 2.16. The second-order valence-electron chi connectivity index (χ2n) is 2.88. The molecule has 0 aliphatic rings. The molecule has 1 rings (SSSR count). The van der Waals surface area contributed by atoms with Crippen LogP contribution in [-0.4, -0.2) is 16.8 Å². The summed E-state index contributed by atoms with van der Waals surface area (Å²) >= 11 is 5.77. The van der Waals surface area contributed by atoms with Gasteiger partial charge in [0.15, 0.2) is 0 Å². The quantitative estimate of drug-likeness (QED) is 0.474. The van der Waals surface area contributed by atoms with Crippen molar-refractivity contribution in [3.8, 4) is 6.07 Å². The van der Waals surface area contributed by atoms with Crippen molar-refractivity contribution in [3.63, 3.8) is 0 Å². The molecule has 0 aliphatic carbocycles. The molecular formula is C10H8ClN3O2. The molecule has 0 heterocycles. The van der Waals surface area contributed by atoms with Crippen molar-refractivity contribution in [1.82, 2.24) is 5.01 Å². The lowest BCUT2D eigenvalue weighted by Gasteiger charge is -2.13. The molecule has 1 aromatic rings. The first-order chi connectivity index (χ1) is 7.57. The first-order valence-electron chi connectivity index (χ1n) is 4.31. The number of hydrogen-bond acceptors (Lipinski definition) is 4. The normalized spacial score (nSPS) is 9.31. The zero-order chi connectivity index (χ0) is 12.1. The van der Waals surface area contributed by atoms with Crippen LogP contribution in [0.25, 0.3) is 0 Å². The number of carbonyl (C=O) groups is 2. The van der Waals surface area contributed by atoms with Crippen LogP contribution in [0.15, 0.2) is 24.3 Å². The molecule has 6 heteroatoms. The van der Waals surface area contributed by atoms with Gasteiger partial charge in [-0.05, 0) is 12.1 Å². The van der Waals surface area contributed by atoms with E-state index in [0.717, 1.165) is 0 Å². The molecule has 0 bridgehead atoms. The Kier molecular flexibility index (Phi) is 4.00. The van der Waals surface area contributed by atoms with Crippen molar-refractivity contribution in [2.75, 3.05) is 0 Å². The van der Waals surface area contributed by atoms with Gasteiger partial charge >= 0.3 is 0 Å². The number of rotatable bonds is 2. The Bertz CT molecular complexity index is 467. The van der Waals surface area contributed by atoms with Crippen molar-refractivity contribution in [2.45, 2.75) is 6.42 Å². The van der Waals surface area contributed by atoms with Crippen LogP contribution >= 0.6 is 11.6 Å². The summed E-state index contributed by atoms with van der Waals surface area (Å²) in [6.07, 6.45) is -0.452. The summed E-state index contributed by atoms with van der Waals surface area (Å²) in [5.74, 6) is 3.77. The maximum Gasteiger partial charge on any atom is 0.276 e.